The van der Waals surface area contributed by atoms with Gasteiger partial charge in [-0.3, -0.25) is 9.13 Å². The third-order valence-corrected chi connectivity index (χ3v) is 7.40. The Kier molecular flexibility index (Phi) is 5.34. The second-order valence-corrected chi connectivity index (χ2v) is 11.5. The molecule has 0 atom stereocenters. The summed E-state index contributed by atoms with van der Waals surface area (Å²) in [5, 5.41) is 1.12. The number of imidazole rings is 2. The van der Waals surface area contributed by atoms with Crippen molar-refractivity contribution in [3.8, 4) is 0 Å². The maximum atomic E-state index is 13.4. The van der Waals surface area contributed by atoms with Crippen molar-refractivity contribution < 1.29 is 8.42 Å². The fraction of sp³-hybridized carbons (Fsp3) is 0.364. The summed E-state index contributed by atoms with van der Waals surface area (Å²) < 4.78 is 28.8. The van der Waals surface area contributed by atoms with E-state index in [9.17, 15) is 13.2 Å². The number of sulfone groups is 1. The Labute approximate surface area is 195 Å². The molecule has 0 spiro atoms. The SMILES string of the molecule is CS(=O)(=O)CCCn1c(Cn2c(=O)n(C3CC3)c3c(Cl)cccc32)nc2cc(Cl)ccc21. The molecule has 1 aliphatic rings. The zero-order valence-corrected chi connectivity index (χ0v) is 19.8. The molecule has 2 aromatic carbocycles. The Hall–Kier alpha value is -2.29. The second-order valence-electron chi connectivity index (χ2n) is 8.37. The maximum Gasteiger partial charge on any atom is 0.329 e. The van der Waals surface area contributed by atoms with Crippen LogP contribution in [0.1, 0.15) is 31.1 Å². The van der Waals surface area contributed by atoms with Crippen LogP contribution in [0.15, 0.2) is 41.2 Å². The molecule has 0 radical (unpaired) electrons. The molecule has 2 aromatic heterocycles. The summed E-state index contributed by atoms with van der Waals surface area (Å²) in [7, 11) is -3.08. The molecule has 0 bridgehead atoms. The maximum absolute atomic E-state index is 13.4. The van der Waals surface area contributed by atoms with Crippen LogP contribution in [-0.2, 0) is 22.9 Å². The first-order valence-corrected chi connectivity index (χ1v) is 13.3. The largest absolute Gasteiger partial charge is 0.329 e. The highest BCUT2D eigenvalue weighted by Gasteiger charge is 2.30. The zero-order chi connectivity index (χ0) is 22.6. The van der Waals surface area contributed by atoms with Crippen LogP contribution in [0.25, 0.3) is 22.1 Å². The number of fused-ring (bicyclic) bond motifs is 2. The topological polar surface area (TPSA) is 78.9 Å². The average molecular weight is 493 g/mol. The molecule has 1 saturated carbocycles. The molecular weight excluding hydrogens is 471 g/mol. The van der Waals surface area contributed by atoms with Crippen molar-refractivity contribution >= 4 is 55.1 Å². The van der Waals surface area contributed by atoms with Gasteiger partial charge in [0, 0.05) is 23.9 Å². The third kappa shape index (κ3) is 3.95. The minimum Gasteiger partial charge on any atom is -0.326 e. The zero-order valence-electron chi connectivity index (χ0n) is 17.5. The standard InChI is InChI=1S/C22H22Cl2N4O3S/c1-32(30,31)11-3-10-26-18-9-6-14(23)12-17(18)25-20(26)13-27-19-5-2-4-16(24)21(19)28(22(27)29)15-7-8-15/h2,4-6,9,12,15H,3,7-8,10-11,13H2,1H3. The Morgan fingerprint density at radius 1 is 1.09 bits per heavy atom. The molecule has 10 heteroatoms. The first-order valence-electron chi connectivity index (χ1n) is 10.4. The molecule has 5 rings (SSSR count). The van der Waals surface area contributed by atoms with E-state index in [1.807, 2.05) is 22.8 Å². The number of rotatable bonds is 7. The highest BCUT2D eigenvalue weighted by molar-refractivity contribution is 7.90. The van der Waals surface area contributed by atoms with Gasteiger partial charge in [0.2, 0.25) is 0 Å². The van der Waals surface area contributed by atoms with Gasteiger partial charge in [-0.05, 0) is 49.6 Å². The van der Waals surface area contributed by atoms with Crippen LogP contribution < -0.4 is 5.69 Å². The molecule has 0 unspecified atom stereocenters. The molecule has 7 nitrogen and oxygen atoms in total. The molecule has 32 heavy (non-hydrogen) atoms. The van der Waals surface area contributed by atoms with Crippen molar-refractivity contribution in [1.82, 2.24) is 18.7 Å². The molecule has 4 aromatic rings. The highest BCUT2D eigenvalue weighted by Crippen LogP contribution is 2.38. The van der Waals surface area contributed by atoms with Gasteiger partial charge >= 0.3 is 5.69 Å². The smallest absolute Gasteiger partial charge is 0.326 e. The van der Waals surface area contributed by atoms with E-state index in [4.69, 9.17) is 28.2 Å². The van der Waals surface area contributed by atoms with E-state index in [1.165, 1.54) is 6.26 Å². The first-order chi connectivity index (χ1) is 15.2. The van der Waals surface area contributed by atoms with Crippen molar-refractivity contribution in [2.45, 2.75) is 38.4 Å². The number of para-hydroxylation sites is 1. The molecule has 0 saturated heterocycles. The van der Waals surface area contributed by atoms with Gasteiger partial charge in [-0.25, -0.2) is 18.2 Å². The molecule has 1 fully saturated rings. The monoisotopic (exact) mass is 492 g/mol. The molecule has 168 valence electrons. The van der Waals surface area contributed by atoms with E-state index in [2.05, 4.69) is 0 Å². The lowest BCUT2D eigenvalue weighted by Crippen LogP contribution is -2.25. The van der Waals surface area contributed by atoms with E-state index in [0.29, 0.717) is 34.4 Å². The van der Waals surface area contributed by atoms with Crippen LogP contribution in [0, 0.1) is 0 Å². The summed E-state index contributed by atoms with van der Waals surface area (Å²) in [5.41, 5.74) is 2.98. The van der Waals surface area contributed by atoms with Crippen LogP contribution >= 0.6 is 23.2 Å². The van der Waals surface area contributed by atoms with Crippen molar-refractivity contribution in [2.24, 2.45) is 0 Å². The van der Waals surface area contributed by atoms with Gasteiger partial charge in [-0.2, -0.15) is 0 Å². The molecule has 0 aliphatic heterocycles. The molecule has 0 amide bonds. The first kappa shape index (κ1) is 21.6. The minimum atomic E-state index is -3.08. The van der Waals surface area contributed by atoms with E-state index < -0.39 is 9.84 Å². The van der Waals surface area contributed by atoms with E-state index >= 15 is 0 Å². The van der Waals surface area contributed by atoms with E-state index in [1.54, 1.807) is 27.3 Å². The Balaban J connectivity index is 1.62. The summed E-state index contributed by atoms with van der Waals surface area (Å²) in [5.74, 6) is 0.753. The lowest BCUT2D eigenvalue weighted by atomic mass is 10.3. The van der Waals surface area contributed by atoms with Gasteiger partial charge in [0.15, 0.2) is 0 Å². The lowest BCUT2D eigenvalue weighted by molar-refractivity contribution is 0.584. The van der Waals surface area contributed by atoms with Crippen LogP contribution in [-0.4, -0.2) is 39.1 Å². The normalized spacial score (nSPS) is 14.6. The summed E-state index contributed by atoms with van der Waals surface area (Å²) in [4.78, 5) is 18.1. The quantitative estimate of drug-likeness (QED) is 0.385. The van der Waals surface area contributed by atoms with Gasteiger partial charge in [0.25, 0.3) is 0 Å². The Bertz CT molecular complexity index is 1510. The average Bonchev–Trinajstić information content (AvgIpc) is 3.44. The van der Waals surface area contributed by atoms with Gasteiger partial charge < -0.3 is 4.57 Å². The Morgan fingerprint density at radius 3 is 2.59 bits per heavy atom. The van der Waals surface area contributed by atoms with Crippen molar-refractivity contribution in [3.63, 3.8) is 0 Å². The number of aryl methyl sites for hydroxylation is 1. The fourth-order valence-electron chi connectivity index (χ4n) is 4.26. The predicted molar refractivity (Wildman–Crippen MR) is 128 cm³/mol. The van der Waals surface area contributed by atoms with Crippen molar-refractivity contribution in [1.29, 1.82) is 0 Å². The van der Waals surface area contributed by atoms with Crippen molar-refractivity contribution in [2.75, 3.05) is 12.0 Å². The second kappa shape index (κ2) is 7.93. The van der Waals surface area contributed by atoms with Gasteiger partial charge in [-0.1, -0.05) is 29.3 Å². The minimum absolute atomic E-state index is 0.0796. The van der Waals surface area contributed by atoms with Crippen LogP contribution in [0.2, 0.25) is 10.0 Å². The van der Waals surface area contributed by atoms with Crippen LogP contribution in [0.5, 0.6) is 0 Å². The highest BCUT2D eigenvalue weighted by atomic mass is 35.5. The number of aromatic nitrogens is 4. The van der Waals surface area contributed by atoms with Gasteiger partial charge in [-0.15, -0.1) is 0 Å². The van der Waals surface area contributed by atoms with E-state index in [-0.39, 0.29) is 24.0 Å². The van der Waals surface area contributed by atoms with Crippen LogP contribution in [0.3, 0.4) is 0 Å². The Morgan fingerprint density at radius 2 is 1.88 bits per heavy atom. The predicted octanol–water partition coefficient (Wildman–Crippen LogP) is 4.28. The number of benzene rings is 2. The molecule has 2 heterocycles. The van der Waals surface area contributed by atoms with Crippen LogP contribution in [0.4, 0.5) is 0 Å². The molecule has 1 aliphatic carbocycles. The van der Waals surface area contributed by atoms with E-state index in [0.717, 1.165) is 29.4 Å². The third-order valence-electron chi connectivity index (χ3n) is 5.83. The van der Waals surface area contributed by atoms with Crippen molar-refractivity contribution in [3.05, 3.63) is 62.8 Å². The molecule has 0 N–H and O–H groups in total. The van der Waals surface area contributed by atoms with Gasteiger partial charge in [0.1, 0.15) is 15.7 Å². The summed E-state index contributed by atoms with van der Waals surface area (Å²) in [6.45, 7) is 0.720. The number of hydrogen-bond acceptors (Lipinski definition) is 4. The number of halogens is 2. The number of hydrogen-bond donors (Lipinski definition) is 0. The lowest BCUT2D eigenvalue weighted by Gasteiger charge is -2.10. The number of nitrogens with zero attached hydrogens (tertiary/aromatic N) is 4. The summed E-state index contributed by atoms with van der Waals surface area (Å²) in [6, 6.07) is 11.2. The van der Waals surface area contributed by atoms with Gasteiger partial charge in [0.05, 0.1) is 39.4 Å². The summed E-state index contributed by atoms with van der Waals surface area (Å²) in [6.07, 6.45) is 3.61. The summed E-state index contributed by atoms with van der Waals surface area (Å²) >= 11 is 12.6. The fourth-order valence-corrected chi connectivity index (χ4v) is 5.34. The molecular formula is C22H22Cl2N4O3S.